The van der Waals surface area contributed by atoms with Crippen LogP contribution in [-0.4, -0.2) is 32.4 Å². The molecule has 0 unspecified atom stereocenters. The van der Waals surface area contributed by atoms with Crippen LogP contribution in [0.4, 0.5) is 13.2 Å². The number of benzene rings is 2. The Balaban J connectivity index is 1.65. The minimum atomic E-state index is -2.87. The summed E-state index contributed by atoms with van der Waals surface area (Å²) in [5, 5.41) is 13.6. The van der Waals surface area contributed by atoms with E-state index in [1.54, 1.807) is 35.0 Å². The molecule has 0 amide bonds. The topological polar surface area (TPSA) is 52.3 Å². The van der Waals surface area contributed by atoms with Crippen LogP contribution in [0.3, 0.4) is 0 Å². The molecule has 144 valence electrons. The minimum absolute atomic E-state index is 0.0140. The molecule has 9 heteroatoms. The van der Waals surface area contributed by atoms with Crippen molar-refractivity contribution in [3.63, 3.8) is 0 Å². The fourth-order valence-electron chi connectivity index (χ4n) is 2.89. The monoisotopic (exact) mass is 404 g/mol. The van der Waals surface area contributed by atoms with Gasteiger partial charge in [0, 0.05) is 6.42 Å². The van der Waals surface area contributed by atoms with Gasteiger partial charge in [0.05, 0.1) is 11.0 Å². The lowest BCUT2D eigenvalue weighted by Crippen LogP contribution is -2.22. The van der Waals surface area contributed by atoms with Gasteiger partial charge in [0.1, 0.15) is 11.6 Å². The van der Waals surface area contributed by atoms with Gasteiger partial charge in [-0.3, -0.25) is 0 Å². The molecule has 5 nitrogen and oxygen atoms in total. The molecule has 2 heterocycles. The number of thioether (sulfide) groups is 1. The number of ether oxygens (including phenoxy) is 1. The summed E-state index contributed by atoms with van der Waals surface area (Å²) in [5.41, 5.74) is 2.03. The third kappa shape index (κ3) is 3.75. The van der Waals surface area contributed by atoms with Crippen LogP contribution < -0.4 is 4.74 Å². The fourth-order valence-corrected chi connectivity index (χ4v) is 3.84. The third-order valence-electron chi connectivity index (χ3n) is 4.23. The normalized spacial score (nSPS) is 16.0. The van der Waals surface area contributed by atoms with Crippen molar-refractivity contribution in [2.75, 3.05) is 0 Å². The zero-order valence-corrected chi connectivity index (χ0v) is 15.5. The molecule has 2 aromatic carbocycles. The Morgan fingerprint density at radius 1 is 1.11 bits per heavy atom. The number of hydrogen-bond acceptors (Lipinski definition) is 5. The lowest BCUT2D eigenvalue weighted by Gasteiger charge is -2.20. The number of hydrogen-bond donors (Lipinski definition) is 0. The summed E-state index contributed by atoms with van der Waals surface area (Å²) in [7, 11) is 0. The zero-order chi connectivity index (χ0) is 19.7. The molecule has 1 aliphatic heterocycles. The van der Waals surface area contributed by atoms with Gasteiger partial charge in [0.2, 0.25) is 5.16 Å². The first-order valence-electron chi connectivity index (χ1n) is 8.49. The average molecular weight is 404 g/mol. The largest absolute Gasteiger partial charge is 0.435 e. The van der Waals surface area contributed by atoms with Gasteiger partial charge in [-0.15, -0.1) is 10.2 Å². The number of fused-ring (bicyclic) bond motifs is 1. The van der Waals surface area contributed by atoms with Gasteiger partial charge in [0.25, 0.3) is 0 Å². The van der Waals surface area contributed by atoms with Gasteiger partial charge in [-0.1, -0.05) is 30.0 Å². The van der Waals surface area contributed by atoms with Crippen LogP contribution >= 0.6 is 11.8 Å². The van der Waals surface area contributed by atoms with E-state index in [2.05, 4.69) is 20.0 Å². The van der Waals surface area contributed by atoms with Crippen molar-refractivity contribution in [1.29, 1.82) is 0 Å². The lowest BCUT2D eigenvalue weighted by molar-refractivity contribution is -0.0498. The number of rotatable bonds is 5. The molecule has 0 radical (unpaired) electrons. The van der Waals surface area contributed by atoms with Crippen molar-refractivity contribution in [3.05, 3.63) is 71.3 Å². The van der Waals surface area contributed by atoms with Gasteiger partial charge in [-0.25, -0.2) is 4.39 Å². The van der Waals surface area contributed by atoms with Crippen molar-refractivity contribution in [2.24, 2.45) is 5.10 Å². The SMILES string of the molecule is C[C@H]1Sc2nnc(Cc3ccccc3F)n2N=C1c1ccc(OC(F)F)cc1. The molecule has 0 bridgehead atoms. The van der Waals surface area contributed by atoms with Crippen LogP contribution in [0.5, 0.6) is 5.75 Å². The second kappa shape index (κ2) is 7.67. The standard InChI is InChI=1S/C19H15F3N4OS/c1-11-17(12-6-8-14(9-7-12)27-18(21)22)25-26-16(23-24-19(26)28-11)10-13-4-2-3-5-15(13)20/h2-9,11,18H,10H2,1H3/t11-/m1/s1. The summed E-state index contributed by atoms with van der Waals surface area (Å²) in [4.78, 5) is 0. The molecule has 4 rings (SSSR count). The van der Waals surface area contributed by atoms with Gasteiger partial charge >= 0.3 is 6.61 Å². The summed E-state index contributed by atoms with van der Waals surface area (Å²) < 4.78 is 44.6. The highest BCUT2D eigenvalue weighted by molar-refractivity contribution is 8.00. The van der Waals surface area contributed by atoms with Crippen molar-refractivity contribution in [2.45, 2.75) is 30.4 Å². The summed E-state index contributed by atoms with van der Waals surface area (Å²) >= 11 is 1.48. The van der Waals surface area contributed by atoms with E-state index in [0.29, 0.717) is 16.5 Å². The van der Waals surface area contributed by atoms with E-state index >= 15 is 0 Å². The molecular weight excluding hydrogens is 389 g/mol. The number of nitrogens with zero attached hydrogens (tertiary/aromatic N) is 4. The van der Waals surface area contributed by atoms with E-state index in [1.165, 1.54) is 30.0 Å². The lowest BCUT2D eigenvalue weighted by atomic mass is 10.1. The smallest absolute Gasteiger partial charge is 0.387 e. The summed E-state index contributed by atoms with van der Waals surface area (Å²) in [6, 6.07) is 12.8. The minimum Gasteiger partial charge on any atom is -0.435 e. The van der Waals surface area contributed by atoms with E-state index in [-0.39, 0.29) is 23.2 Å². The summed E-state index contributed by atoms with van der Waals surface area (Å²) in [6.07, 6.45) is 0.257. The van der Waals surface area contributed by atoms with Crippen LogP contribution in [0.2, 0.25) is 0 Å². The van der Waals surface area contributed by atoms with E-state index in [1.807, 2.05) is 6.92 Å². The second-order valence-electron chi connectivity index (χ2n) is 6.13. The van der Waals surface area contributed by atoms with Crippen LogP contribution in [0.25, 0.3) is 0 Å². The molecule has 0 fully saturated rings. The maximum Gasteiger partial charge on any atom is 0.387 e. The van der Waals surface area contributed by atoms with Crippen LogP contribution in [-0.2, 0) is 6.42 Å². The van der Waals surface area contributed by atoms with Crippen molar-refractivity contribution < 1.29 is 17.9 Å². The molecule has 28 heavy (non-hydrogen) atoms. The molecule has 1 atom stereocenters. The zero-order valence-electron chi connectivity index (χ0n) is 14.7. The highest BCUT2D eigenvalue weighted by Crippen LogP contribution is 2.31. The van der Waals surface area contributed by atoms with Gasteiger partial charge in [-0.2, -0.15) is 18.6 Å². The van der Waals surface area contributed by atoms with E-state index in [4.69, 9.17) is 0 Å². The van der Waals surface area contributed by atoms with Crippen LogP contribution in [0.1, 0.15) is 23.9 Å². The highest BCUT2D eigenvalue weighted by atomic mass is 32.2. The average Bonchev–Trinajstić information content (AvgIpc) is 3.05. The van der Waals surface area contributed by atoms with Gasteiger partial charge in [0.15, 0.2) is 5.82 Å². The Bertz CT molecular complexity index is 1020. The third-order valence-corrected chi connectivity index (χ3v) is 5.28. The molecule has 0 N–H and O–H groups in total. The molecule has 1 aromatic heterocycles. The molecule has 1 aliphatic rings. The maximum absolute atomic E-state index is 14.0. The second-order valence-corrected chi connectivity index (χ2v) is 7.43. The quantitative estimate of drug-likeness (QED) is 0.634. The van der Waals surface area contributed by atoms with Crippen molar-refractivity contribution >= 4 is 17.5 Å². The molecule has 0 saturated carbocycles. The van der Waals surface area contributed by atoms with Gasteiger partial charge < -0.3 is 4.74 Å². The fraction of sp³-hybridized carbons (Fsp3) is 0.211. The van der Waals surface area contributed by atoms with Crippen LogP contribution in [0.15, 0.2) is 58.8 Å². The van der Waals surface area contributed by atoms with Crippen molar-refractivity contribution in [1.82, 2.24) is 14.9 Å². The Hall–Kier alpha value is -2.81. The van der Waals surface area contributed by atoms with Crippen LogP contribution in [0, 0.1) is 5.82 Å². The first-order valence-corrected chi connectivity index (χ1v) is 9.37. The first-order chi connectivity index (χ1) is 13.5. The number of alkyl halides is 2. The summed E-state index contributed by atoms with van der Waals surface area (Å²) in [5.74, 6) is 0.297. The van der Waals surface area contributed by atoms with E-state index in [0.717, 1.165) is 11.3 Å². The molecule has 0 spiro atoms. The molecule has 3 aromatic rings. The Labute approximate surface area is 163 Å². The highest BCUT2D eigenvalue weighted by Gasteiger charge is 2.26. The molecule has 0 saturated heterocycles. The Morgan fingerprint density at radius 3 is 2.57 bits per heavy atom. The predicted molar refractivity (Wildman–Crippen MR) is 99.6 cm³/mol. The molecular formula is C19H15F3N4OS. The molecule has 0 aliphatic carbocycles. The summed E-state index contributed by atoms with van der Waals surface area (Å²) in [6.45, 7) is -0.894. The Morgan fingerprint density at radius 2 is 1.86 bits per heavy atom. The Kier molecular flexibility index (Phi) is 5.08. The van der Waals surface area contributed by atoms with Gasteiger partial charge in [-0.05, 0) is 48.4 Å². The predicted octanol–water partition coefficient (Wildman–Crippen LogP) is 4.36. The van der Waals surface area contributed by atoms with Crippen molar-refractivity contribution in [3.8, 4) is 5.75 Å². The first kappa shape index (κ1) is 18.5. The number of halogens is 3. The van der Waals surface area contributed by atoms with E-state index < -0.39 is 6.61 Å². The van der Waals surface area contributed by atoms with E-state index in [9.17, 15) is 13.2 Å². The number of aromatic nitrogens is 3. The maximum atomic E-state index is 14.0.